The van der Waals surface area contributed by atoms with Crippen molar-refractivity contribution in [3.63, 3.8) is 0 Å². The summed E-state index contributed by atoms with van der Waals surface area (Å²) in [5.74, 6) is 0.684. The standard InChI is InChI=1S/C24H23N3/c25-15-17-7-9-18(10-8-17)20-5-4-6-21-23(19-11-12-19)22(16-26-24(20)21)27-13-2-1-3-14-27/h4-10,16,19H,1-3,11-14H2. The van der Waals surface area contributed by atoms with Crippen molar-refractivity contribution in [3.05, 3.63) is 59.8 Å². The van der Waals surface area contributed by atoms with Crippen LogP contribution in [0.4, 0.5) is 5.69 Å². The first-order valence-corrected chi connectivity index (χ1v) is 10.0. The van der Waals surface area contributed by atoms with E-state index in [4.69, 9.17) is 10.2 Å². The maximum absolute atomic E-state index is 9.06. The molecule has 1 aliphatic heterocycles. The number of aromatic nitrogens is 1. The Hall–Kier alpha value is -2.86. The van der Waals surface area contributed by atoms with Crippen molar-refractivity contribution < 1.29 is 0 Å². The van der Waals surface area contributed by atoms with Crippen molar-refractivity contribution in [2.75, 3.05) is 18.0 Å². The molecule has 0 bridgehead atoms. The van der Waals surface area contributed by atoms with Gasteiger partial charge in [0.15, 0.2) is 0 Å². The summed E-state index contributed by atoms with van der Waals surface area (Å²) in [4.78, 5) is 7.49. The molecule has 0 unspecified atom stereocenters. The normalized spacial score (nSPS) is 17.1. The van der Waals surface area contributed by atoms with Crippen LogP contribution in [-0.4, -0.2) is 18.1 Å². The lowest BCUT2D eigenvalue weighted by Crippen LogP contribution is -2.30. The number of hydrogen-bond donors (Lipinski definition) is 0. The highest BCUT2D eigenvalue weighted by Gasteiger charge is 2.30. The molecule has 1 saturated heterocycles. The number of para-hydroxylation sites is 1. The molecule has 27 heavy (non-hydrogen) atoms. The second-order valence-corrected chi connectivity index (χ2v) is 7.77. The van der Waals surface area contributed by atoms with E-state index in [1.807, 2.05) is 24.3 Å². The Balaban J connectivity index is 1.67. The Labute approximate surface area is 160 Å². The third-order valence-electron chi connectivity index (χ3n) is 5.93. The van der Waals surface area contributed by atoms with Gasteiger partial charge in [-0.05, 0) is 61.3 Å². The quantitative estimate of drug-likeness (QED) is 0.611. The van der Waals surface area contributed by atoms with E-state index in [0.29, 0.717) is 11.5 Å². The molecule has 1 aliphatic carbocycles. The van der Waals surface area contributed by atoms with Gasteiger partial charge in [-0.25, -0.2) is 0 Å². The topological polar surface area (TPSA) is 39.9 Å². The zero-order valence-electron chi connectivity index (χ0n) is 15.5. The Morgan fingerprint density at radius 3 is 2.44 bits per heavy atom. The lowest BCUT2D eigenvalue weighted by molar-refractivity contribution is 0.576. The van der Waals surface area contributed by atoms with E-state index in [1.165, 1.54) is 48.7 Å². The smallest absolute Gasteiger partial charge is 0.0991 e. The van der Waals surface area contributed by atoms with Gasteiger partial charge in [0.1, 0.15) is 0 Å². The third kappa shape index (κ3) is 2.96. The van der Waals surface area contributed by atoms with E-state index in [9.17, 15) is 0 Å². The lowest BCUT2D eigenvalue weighted by atomic mass is 9.95. The predicted octanol–water partition coefficient (Wildman–Crippen LogP) is 5.64. The van der Waals surface area contributed by atoms with Crippen molar-refractivity contribution in [2.24, 2.45) is 0 Å². The second kappa shape index (κ2) is 6.70. The number of hydrogen-bond acceptors (Lipinski definition) is 3. The van der Waals surface area contributed by atoms with Crippen LogP contribution in [0.3, 0.4) is 0 Å². The number of benzene rings is 2. The first-order valence-electron chi connectivity index (χ1n) is 10.0. The van der Waals surface area contributed by atoms with Gasteiger partial charge in [-0.15, -0.1) is 0 Å². The zero-order valence-corrected chi connectivity index (χ0v) is 15.5. The van der Waals surface area contributed by atoms with Crippen LogP contribution in [0.2, 0.25) is 0 Å². The number of nitriles is 1. The van der Waals surface area contributed by atoms with Gasteiger partial charge in [0.05, 0.1) is 29.0 Å². The van der Waals surface area contributed by atoms with Crippen LogP contribution in [0.5, 0.6) is 0 Å². The highest BCUT2D eigenvalue weighted by molar-refractivity contribution is 5.98. The van der Waals surface area contributed by atoms with Gasteiger partial charge in [-0.2, -0.15) is 5.26 Å². The number of anilines is 1. The summed E-state index contributed by atoms with van der Waals surface area (Å²) < 4.78 is 0. The van der Waals surface area contributed by atoms with E-state index in [2.05, 4.69) is 35.4 Å². The molecular formula is C24H23N3. The molecule has 2 heterocycles. The van der Waals surface area contributed by atoms with Gasteiger partial charge < -0.3 is 4.90 Å². The number of fused-ring (bicyclic) bond motifs is 1. The maximum Gasteiger partial charge on any atom is 0.0991 e. The summed E-state index contributed by atoms with van der Waals surface area (Å²) in [6, 6.07) is 16.6. The monoisotopic (exact) mass is 353 g/mol. The molecule has 0 spiro atoms. The Morgan fingerprint density at radius 1 is 0.963 bits per heavy atom. The molecule has 2 aromatic carbocycles. The van der Waals surface area contributed by atoms with Gasteiger partial charge in [0.2, 0.25) is 0 Å². The summed E-state index contributed by atoms with van der Waals surface area (Å²) in [7, 11) is 0. The molecule has 0 amide bonds. The predicted molar refractivity (Wildman–Crippen MR) is 110 cm³/mol. The number of pyridine rings is 1. The molecule has 3 aromatic rings. The Bertz CT molecular complexity index is 1020. The van der Waals surface area contributed by atoms with Crippen molar-refractivity contribution >= 4 is 16.6 Å². The minimum Gasteiger partial charge on any atom is -0.370 e. The summed E-state index contributed by atoms with van der Waals surface area (Å²) in [6.07, 6.45) is 8.62. The van der Waals surface area contributed by atoms with E-state index >= 15 is 0 Å². The van der Waals surface area contributed by atoms with Crippen molar-refractivity contribution in [1.29, 1.82) is 5.26 Å². The highest BCUT2D eigenvalue weighted by Crippen LogP contribution is 2.48. The Morgan fingerprint density at radius 2 is 1.74 bits per heavy atom. The summed E-state index contributed by atoms with van der Waals surface area (Å²) in [5.41, 5.74) is 6.94. The van der Waals surface area contributed by atoms with Crippen LogP contribution in [-0.2, 0) is 0 Å². The summed E-state index contributed by atoms with van der Waals surface area (Å²) >= 11 is 0. The lowest BCUT2D eigenvalue weighted by Gasteiger charge is -2.31. The van der Waals surface area contributed by atoms with Crippen LogP contribution >= 0.6 is 0 Å². The molecule has 3 heteroatoms. The molecule has 1 saturated carbocycles. The average Bonchev–Trinajstić information content (AvgIpc) is 3.58. The van der Waals surface area contributed by atoms with Crippen molar-refractivity contribution in [3.8, 4) is 17.2 Å². The number of piperidine rings is 1. The van der Waals surface area contributed by atoms with Crippen LogP contribution in [0.25, 0.3) is 22.0 Å². The first-order chi connectivity index (χ1) is 13.3. The number of rotatable bonds is 3. The third-order valence-corrected chi connectivity index (χ3v) is 5.93. The number of nitrogens with zero attached hydrogens (tertiary/aromatic N) is 3. The molecule has 3 nitrogen and oxygen atoms in total. The molecule has 0 atom stereocenters. The molecule has 2 aliphatic rings. The highest BCUT2D eigenvalue weighted by atomic mass is 15.1. The molecule has 0 N–H and O–H groups in total. The fourth-order valence-electron chi connectivity index (χ4n) is 4.38. The fourth-order valence-corrected chi connectivity index (χ4v) is 4.38. The SMILES string of the molecule is N#Cc1ccc(-c2cccc3c(C4CC4)c(N4CCCCC4)cnc23)cc1. The summed E-state index contributed by atoms with van der Waals surface area (Å²) in [5, 5.41) is 10.4. The van der Waals surface area contributed by atoms with Crippen LogP contribution in [0.15, 0.2) is 48.7 Å². The molecule has 134 valence electrons. The molecule has 5 rings (SSSR count). The fraction of sp³-hybridized carbons (Fsp3) is 0.333. The minimum absolute atomic E-state index is 0.684. The minimum atomic E-state index is 0.684. The van der Waals surface area contributed by atoms with E-state index in [-0.39, 0.29) is 0 Å². The maximum atomic E-state index is 9.06. The van der Waals surface area contributed by atoms with Crippen LogP contribution in [0, 0.1) is 11.3 Å². The van der Waals surface area contributed by atoms with Gasteiger partial charge in [0.25, 0.3) is 0 Å². The second-order valence-electron chi connectivity index (χ2n) is 7.77. The molecule has 0 radical (unpaired) electrons. The zero-order chi connectivity index (χ0) is 18.2. The summed E-state index contributed by atoms with van der Waals surface area (Å²) in [6.45, 7) is 2.31. The van der Waals surface area contributed by atoms with E-state index in [0.717, 1.165) is 29.7 Å². The molecule has 1 aromatic heterocycles. The van der Waals surface area contributed by atoms with Gasteiger partial charge in [0, 0.05) is 24.0 Å². The van der Waals surface area contributed by atoms with Gasteiger partial charge in [-0.3, -0.25) is 4.98 Å². The Kier molecular flexibility index (Phi) is 4.05. The van der Waals surface area contributed by atoms with Crippen LogP contribution < -0.4 is 4.90 Å². The van der Waals surface area contributed by atoms with Crippen molar-refractivity contribution in [2.45, 2.75) is 38.0 Å². The van der Waals surface area contributed by atoms with E-state index < -0.39 is 0 Å². The van der Waals surface area contributed by atoms with Gasteiger partial charge in [-0.1, -0.05) is 30.3 Å². The molecule has 2 fully saturated rings. The van der Waals surface area contributed by atoms with Crippen LogP contribution in [0.1, 0.15) is 49.1 Å². The largest absolute Gasteiger partial charge is 0.370 e. The van der Waals surface area contributed by atoms with E-state index in [1.54, 1.807) is 0 Å². The first kappa shape index (κ1) is 16.3. The average molecular weight is 353 g/mol. The van der Waals surface area contributed by atoms with Crippen molar-refractivity contribution in [1.82, 2.24) is 4.98 Å². The van der Waals surface area contributed by atoms with Gasteiger partial charge >= 0.3 is 0 Å². The molecular weight excluding hydrogens is 330 g/mol.